The molecule has 1 fully saturated rings. The Morgan fingerprint density at radius 3 is 2.31 bits per heavy atom. The zero-order chi connectivity index (χ0) is 22.0. The number of amides is 2. The lowest BCUT2D eigenvalue weighted by Gasteiger charge is -2.35. The molecule has 1 aromatic carbocycles. The molecule has 0 aromatic heterocycles. The van der Waals surface area contributed by atoms with E-state index in [2.05, 4.69) is 0 Å². The van der Waals surface area contributed by atoms with Crippen LogP contribution in [0.5, 0.6) is 0 Å². The van der Waals surface area contributed by atoms with Crippen LogP contribution >= 0.6 is 11.6 Å². The van der Waals surface area contributed by atoms with Gasteiger partial charge in [-0.2, -0.15) is 4.31 Å². The summed E-state index contributed by atoms with van der Waals surface area (Å²) in [6.07, 6.45) is -0.611. The second-order valence-electron chi connectivity index (χ2n) is 7.70. The zero-order valence-electron chi connectivity index (χ0n) is 16.8. The standard InChI is InChI=1S/C18H25ClFN3O5S/c1-18(2,3)28-17(25)21(4)12-16(24)22-7-9-23(10-8-22)29(26,27)13-5-6-15(20)14(19)11-13/h5-6,11H,7-10,12H2,1-4H3. The Morgan fingerprint density at radius 1 is 1.21 bits per heavy atom. The fourth-order valence-electron chi connectivity index (χ4n) is 2.67. The Morgan fingerprint density at radius 2 is 1.79 bits per heavy atom. The molecule has 162 valence electrons. The van der Waals surface area contributed by atoms with E-state index >= 15 is 0 Å². The lowest BCUT2D eigenvalue weighted by atomic mass is 10.2. The normalized spacial score (nSPS) is 15.9. The van der Waals surface area contributed by atoms with Gasteiger partial charge in [0.1, 0.15) is 18.0 Å². The Bertz CT molecular complexity index is 880. The summed E-state index contributed by atoms with van der Waals surface area (Å²) in [6, 6.07) is 3.23. The van der Waals surface area contributed by atoms with E-state index in [9.17, 15) is 22.4 Å². The second kappa shape index (κ2) is 8.85. The van der Waals surface area contributed by atoms with Crippen molar-refractivity contribution in [2.75, 3.05) is 39.8 Å². The van der Waals surface area contributed by atoms with Gasteiger partial charge in [-0.15, -0.1) is 0 Å². The number of benzene rings is 1. The average molecular weight is 450 g/mol. The van der Waals surface area contributed by atoms with Crippen LogP contribution in [0, 0.1) is 5.82 Å². The number of carbonyl (C=O) groups is 2. The van der Waals surface area contributed by atoms with Gasteiger partial charge >= 0.3 is 6.09 Å². The lowest BCUT2D eigenvalue weighted by molar-refractivity contribution is -0.133. The molecule has 8 nitrogen and oxygen atoms in total. The van der Waals surface area contributed by atoms with Crippen molar-refractivity contribution in [3.63, 3.8) is 0 Å². The monoisotopic (exact) mass is 449 g/mol. The minimum atomic E-state index is -3.85. The first-order chi connectivity index (χ1) is 13.3. The van der Waals surface area contributed by atoms with E-state index in [0.29, 0.717) is 0 Å². The number of piperazine rings is 1. The largest absolute Gasteiger partial charge is 0.444 e. The molecule has 0 unspecified atom stereocenters. The van der Waals surface area contributed by atoms with Crippen molar-refractivity contribution in [2.45, 2.75) is 31.3 Å². The van der Waals surface area contributed by atoms with Crippen LogP contribution in [0.3, 0.4) is 0 Å². The molecule has 1 aromatic rings. The Hall–Kier alpha value is -1.91. The molecule has 1 heterocycles. The molecule has 0 saturated carbocycles. The van der Waals surface area contributed by atoms with Gasteiger partial charge in [-0.3, -0.25) is 4.79 Å². The average Bonchev–Trinajstić information content (AvgIpc) is 2.62. The molecule has 0 atom stereocenters. The number of halogens is 2. The Labute approximate surface area is 175 Å². The van der Waals surface area contributed by atoms with E-state index < -0.39 is 27.5 Å². The van der Waals surface area contributed by atoms with Crippen molar-refractivity contribution in [1.29, 1.82) is 0 Å². The van der Waals surface area contributed by atoms with Crippen LogP contribution in [-0.2, 0) is 19.6 Å². The summed E-state index contributed by atoms with van der Waals surface area (Å²) in [4.78, 5) is 27.0. The molecule has 0 radical (unpaired) electrons. The van der Waals surface area contributed by atoms with Gasteiger partial charge in [0.25, 0.3) is 0 Å². The number of hydrogen-bond donors (Lipinski definition) is 0. The maximum atomic E-state index is 13.3. The van der Waals surface area contributed by atoms with Crippen LogP contribution < -0.4 is 0 Å². The van der Waals surface area contributed by atoms with Gasteiger partial charge in [0, 0.05) is 33.2 Å². The predicted octanol–water partition coefficient (Wildman–Crippen LogP) is 2.18. The van der Waals surface area contributed by atoms with Gasteiger partial charge in [-0.05, 0) is 39.0 Å². The van der Waals surface area contributed by atoms with Crippen LogP contribution in [0.1, 0.15) is 20.8 Å². The molecule has 29 heavy (non-hydrogen) atoms. The highest BCUT2D eigenvalue weighted by atomic mass is 35.5. The Kier molecular flexibility index (Phi) is 7.13. The summed E-state index contributed by atoms with van der Waals surface area (Å²) >= 11 is 5.68. The van der Waals surface area contributed by atoms with E-state index in [1.54, 1.807) is 20.8 Å². The molecule has 1 saturated heterocycles. The van der Waals surface area contributed by atoms with Gasteiger partial charge in [0.15, 0.2) is 0 Å². The van der Waals surface area contributed by atoms with E-state index in [1.165, 1.54) is 21.2 Å². The number of likely N-dealkylation sites (N-methyl/N-ethyl adjacent to an activating group) is 1. The van der Waals surface area contributed by atoms with Crippen LogP contribution in [0.4, 0.5) is 9.18 Å². The smallest absolute Gasteiger partial charge is 0.410 e. The van der Waals surface area contributed by atoms with Crippen molar-refractivity contribution in [3.05, 3.63) is 29.0 Å². The van der Waals surface area contributed by atoms with Crippen molar-refractivity contribution in [3.8, 4) is 0 Å². The van der Waals surface area contributed by atoms with Gasteiger partial charge < -0.3 is 14.5 Å². The van der Waals surface area contributed by atoms with Crippen LogP contribution in [0.15, 0.2) is 23.1 Å². The van der Waals surface area contributed by atoms with Crippen LogP contribution in [0.25, 0.3) is 0 Å². The number of rotatable bonds is 4. The highest BCUT2D eigenvalue weighted by Gasteiger charge is 2.31. The molecule has 2 rings (SSSR count). The third-order valence-corrected chi connectivity index (χ3v) is 6.38. The quantitative estimate of drug-likeness (QED) is 0.703. The third-order valence-electron chi connectivity index (χ3n) is 4.20. The lowest BCUT2D eigenvalue weighted by Crippen LogP contribution is -2.52. The van der Waals surface area contributed by atoms with E-state index in [4.69, 9.17) is 16.3 Å². The summed E-state index contributed by atoms with van der Waals surface area (Å²) in [5.74, 6) is -1.00. The predicted molar refractivity (Wildman–Crippen MR) is 106 cm³/mol. The molecule has 1 aliphatic heterocycles. The molecule has 0 spiro atoms. The van der Waals surface area contributed by atoms with Crippen molar-refractivity contribution in [1.82, 2.24) is 14.1 Å². The minimum absolute atomic E-state index is 0.0826. The molecule has 0 bridgehead atoms. The van der Waals surface area contributed by atoms with Gasteiger partial charge in [0.05, 0.1) is 9.92 Å². The number of sulfonamides is 1. The number of ether oxygens (including phenoxy) is 1. The van der Waals surface area contributed by atoms with E-state index in [1.807, 2.05) is 0 Å². The first-order valence-corrected chi connectivity index (χ1v) is 10.8. The van der Waals surface area contributed by atoms with E-state index in [-0.39, 0.29) is 48.5 Å². The molecular formula is C18H25ClFN3O5S. The van der Waals surface area contributed by atoms with Crippen LogP contribution in [0.2, 0.25) is 5.02 Å². The summed E-state index contributed by atoms with van der Waals surface area (Å²) in [6.45, 7) is 5.54. The summed E-state index contributed by atoms with van der Waals surface area (Å²) in [7, 11) is -2.38. The first kappa shape index (κ1) is 23.4. The van der Waals surface area contributed by atoms with Crippen molar-refractivity contribution >= 4 is 33.6 Å². The fraction of sp³-hybridized carbons (Fsp3) is 0.556. The molecule has 0 N–H and O–H groups in total. The first-order valence-electron chi connectivity index (χ1n) is 8.98. The Balaban J connectivity index is 1.95. The molecular weight excluding hydrogens is 425 g/mol. The third kappa shape index (κ3) is 6.03. The maximum Gasteiger partial charge on any atom is 0.410 e. The van der Waals surface area contributed by atoms with Crippen molar-refractivity contribution < 1.29 is 27.1 Å². The number of nitrogens with zero attached hydrogens (tertiary/aromatic N) is 3. The number of carbonyl (C=O) groups excluding carboxylic acids is 2. The summed E-state index contributed by atoms with van der Waals surface area (Å²) in [5.41, 5.74) is -0.669. The van der Waals surface area contributed by atoms with Gasteiger partial charge in [-0.25, -0.2) is 17.6 Å². The molecule has 0 aliphatic carbocycles. The topological polar surface area (TPSA) is 87.2 Å². The molecule has 1 aliphatic rings. The molecule has 11 heteroatoms. The van der Waals surface area contributed by atoms with E-state index in [0.717, 1.165) is 18.2 Å². The fourth-order valence-corrected chi connectivity index (χ4v) is 4.37. The maximum absolute atomic E-state index is 13.3. The summed E-state index contributed by atoms with van der Waals surface area (Å²) < 4.78 is 45.1. The zero-order valence-corrected chi connectivity index (χ0v) is 18.4. The highest BCUT2D eigenvalue weighted by molar-refractivity contribution is 7.89. The van der Waals surface area contributed by atoms with Crippen LogP contribution in [-0.4, -0.2) is 79.9 Å². The number of hydrogen-bond acceptors (Lipinski definition) is 5. The van der Waals surface area contributed by atoms with Crippen molar-refractivity contribution in [2.24, 2.45) is 0 Å². The second-order valence-corrected chi connectivity index (χ2v) is 10.0. The van der Waals surface area contributed by atoms with Gasteiger partial charge in [-0.1, -0.05) is 11.6 Å². The van der Waals surface area contributed by atoms with Gasteiger partial charge in [0.2, 0.25) is 15.9 Å². The SMILES string of the molecule is CN(CC(=O)N1CCN(S(=O)(=O)c2ccc(F)c(Cl)c2)CC1)C(=O)OC(C)(C)C. The summed E-state index contributed by atoms with van der Waals surface area (Å²) in [5, 5.41) is -0.273. The highest BCUT2D eigenvalue weighted by Crippen LogP contribution is 2.23. The minimum Gasteiger partial charge on any atom is -0.444 e. The molecule has 2 amide bonds.